The molecule has 5 heteroatoms. The van der Waals surface area contributed by atoms with E-state index < -0.39 is 11.9 Å². The van der Waals surface area contributed by atoms with Crippen molar-refractivity contribution < 1.29 is 19.1 Å². The minimum Gasteiger partial charge on any atom is -0.481 e. The summed E-state index contributed by atoms with van der Waals surface area (Å²) in [4.78, 5) is 22.3. The number of nitrogens with one attached hydrogen (secondary N) is 1. The Hall–Kier alpha value is -1.91. The number of aliphatic carboxylic acids is 1. The van der Waals surface area contributed by atoms with Crippen LogP contribution >= 0.6 is 0 Å². The van der Waals surface area contributed by atoms with Crippen molar-refractivity contribution in [1.82, 2.24) is 5.32 Å². The summed E-state index contributed by atoms with van der Waals surface area (Å²) in [7, 11) is 0. The van der Waals surface area contributed by atoms with E-state index in [1.54, 1.807) is 6.92 Å². The number of carbonyl (C=O) groups is 2. The highest BCUT2D eigenvalue weighted by atomic mass is 19.1. The molecular formula is C13H16FNO3. The Labute approximate surface area is 105 Å². The van der Waals surface area contributed by atoms with Crippen LogP contribution < -0.4 is 5.32 Å². The van der Waals surface area contributed by atoms with Crippen LogP contribution in [0.3, 0.4) is 0 Å². The summed E-state index contributed by atoms with van der Waals surface area (Å²) in [6, 6.07) is 5.56. The molecule has 0 aromatic heterocycles. The van der Waals surface area contributed by atoms with Crippen LogP contribution in [0.1, 0.15) is 31.2 Å². The van der Waals surface area contributed by atoms with E-state index >= 15 is 0 Å². The van der Waals surface area contributed by atoms with Gasteiger partial charge in [0.15, 0.2) is 0 Å². The second-order valence-electron chi connectivity index (χ2n) is 4.00. The minimum absolute atomic E-state index is 0.0891. The van der Waals surface area contributed by atoms with Gasteiger partial charge in [-0.1, -0.05) is 12.1 Å². The highest BCUT2D eigenvalue weighted by Crippen LogP contribution is 2.23. The van der Waals surface area contributed by atoms with Crippen LogP contribution in [0.2, 0.25) is 0 Å². The molecule has 0 heterocycles. The largest absolute Gasteiger partial charge is 0.481 e. The predicted octanol–water partition coefficient (Wildman–Crippen LogP) is 1.91. The molecule has 98 valence electrons. The highest BCUT2D eigenvalue weighted by molar-refractivity contribution is 5.78. The van der Waals surface area contributed by atoms with Gasteiger partial charge in [0, 0.05) is 18.9 Å². The molecule has 1 rings (SSSR count). The summed E-state index contributed by atoms with van der Waals surface area (Å²) in [6.07, 6.45) is -0.0610. The molecule has 0 fully saturated rings. The van der Waals surface area contributed by atoms with E-state index in [1.165, 1.54) is 24.3 Å². The molecule has 0 aliphatic carbocycles. The van der Waals surface area contributed by atoms with Crippen molar-refractivity contribution in [2.45, 2.75) is 25.7 Å². The van der Waals surface area contributed by atoms with E-state index in [0.717, 1.165) is 0 Å². The van der Waals surface area contributed by atoms with Gasteiger partial charge in [-0.05, 0) is 24.6 Å². The van der Waals surface area contributed by atoms with E-state index in [4.69, 9.17) is 5.11 Å². The van der Waals surface area contributed by atoms with Gasteiger partial charge in [-0.15, -0.1) is 0 Å². The number of amides is 1. The van der Waals surface area contributed by atoms with Gasteiger partial charge in [-0.25, -0.2) is 4.39 Å². The number of benzene rings is 1. The number of rotatable bonds is 6. The lowest BCUT2D eigenvalue weighted by atomic mass is 9.92. The molecule has 0 aliphatic rings. The third kappa shape index (κ3) is 4.53. The summed E-state index contributed by atoms with van der Waals surface area (Å²) in [5, 5.41) is 11.5. The molecule has 0 radical (unpaired) electrons. The molecule has 4 nitrogen and oxygen atoms in total. The van der Waals surface area contributed by atoms with Crippen molar-refractivity contribution in [1.29, 1.82) is 0 Å². The van der Waals surface area contributed by atoms with Crippen molar-refractivity contribution in [3.05, 3.63) is 35.6 Å². The Morgan fingerprint density at radius 1 is 1.28 bits per heavy atom. The third-order valence-corrected chi connectivity index (χ3v) is 2.57. The number of carboxylic acid groups (broad SMARTS) is 1. The summed E-state index contributed by atoms with van der Waals surface area (Å²) in [6.45, 7) is 2.30. The van der Waals surface area contributed by atoms with E-state index in [9.17, 15) is 14.0 Å². The fraction of sp³-hybridized carbons (Fsp3) is 0.385. The molecular weight excluding hydrogens is 237 g/mol. The molecule has 1 atom stereocenters. The predicted molar refractivity (Wildman–Crippen MR) is 64.7 cm³/mol. The zero-order valence-electron chi connectivity index (χ0n) is 10.1. The summed E-state index contributed by atoms with van der Waals surface area (Å²) in [5.74, 6) is -2.00. The van der Waals surface area contributed by atoms with Crippen molar-refractivity contribution in [3.8, 4) is 0 Å². The Morgan fingerprint density at radius 3 is 2.39 bits per heavy atom. The van der Waals surface area contributed by atoms with Crippen LogP contribution in [0.4, 0.5) is 4.39 Å². The molecule has 1 aromatic carbocycles. The van der Waals surface area contributed by atoms with Gasteiger partial charge in [-0.2, -0.15) is 0 Å². The number of carboxylic acids is 1. The Bertz CT molecular complexity index is 417. The lowest BCUT2D eigenvalue weighted by Gasteiger charge is -2.14. The van der Waals surface area contributed by atoms with Gasteiger partial charge in [0.2, 0.25) is 5.91 Å². The Kier molecular flexibility index (Phi) is 5.30. The third-order valence-electron chi connectivity index (χ3n) is 2.57. The summed E-state index contributed by atoms with van der Waals surface area (Å²) >= 11 is 0. The first-order valence-electron chi connectivity index (χ1n) is 5.77. The average molecular weight is 253 g/mol. The molecule has 0 bridgehead atoms. The number of halogens is 1. The standard InChI is InChI=1S/C13H16FNO3/c1-2-15-12(16)7-10(8-13(17)18)9-3-5-11(14)6-4-9/h3-6,10H,2,7-8H2,1H3,(H,15,16)(H,17,18). The van der Waals surface area contributed by atoms with E-state index in [-0.39, 0.29) is 24.6 Å². The SMILES string of the molecule is CCNC(=O)CC(CC(=O)O)c1ccc(F)cc1. The quantitative estimate of drug-likeness (QED) is 0.813. The second kappa shape index (κ2) is 6.74. The monoisotopic (exact) mass is 253 g/mol. The fourth-order valence-corrected chi connectivity index (χ4v) is 1.75. The Morgan fingerprint density at radius 2 is 1.89 bits per heavy atom. The first-order valence-corrected chi connectivity index (χ1v) is 5.77. The van der Waals surface area contributed by atoms with Crippen LogP contribution in [0.5, 0.6) is 0 Å². The average Bonchev–Trinajstić information content (AvgIpc) is 2.28. The van der Waals surface area contributed by atoms with Gasteiger partial charge >= 0.3 is 5.97 Å². The lowest BCUT2D eigenvalue weighted by molar-refractivity contribution is -0.137. The van der Waals surface area contributed by atoms with Crippen LogP contribution in [0.15, 0.2) is 24.3 Å². The van der Waals surface area contributed by atoms with Crippen molar-refractivity contribution >= 4 is 11.9 Å². The number of carbonyl (C=O) groups excluding carboxylic acids is 1. The van der Waals surface area contributed by atoms with E-state index in [1.807, 2.05) is 0 Å². The van der Waals surface area contributed by atoms with Crippen LogP contribution in [-0.4, -0.2) is 23.5 Å². The van der Waals surface area contributed by atoms with E-state index in [0.29, 0.717) is 12.1 Å². The second-order valence-corrected chi connectivity index (χ2v) is 4.00. The molecule has 1 amide bonds. The summed E-state index contributed by atoms with van der Waals surface area (Å²) in [5.41, 5.74) is 0.657. The first kappa shape index (κ1) is 14.2. The first-order chi connectivity index (χ1) is 8.52. The molecule has 0 saturated carbocycles. The number of hydrogen-bond acceptors (Lipinski definition) is 2. The smallest absolute Gasteiger partial charge is 0.303 e. The van der Waals surface area contributed by atoms with Crippen LogP contribution in [0, 0.1) is 5.82 Å². The van der Waals surface area contributed by atoms with Crippen molar-refractivity contribution in [2.24, 2.45) is 0 Å². The maximum Gasteiger partial charge on any atom is 0.303 e. The van der Waals surface area contributed by atoms with Crippen molar-refractivity contribution in [2.75, 3.05) is 6.54 Å². The maximum atomic E-state index is 12.8. The van der Waals surface area contributed by atoms with Crippen molar-refractivity contribution in [3.63, 3.8) is 0 Å². The fourth-order valence-electron chi connectivity index (χ4n) is 1.75. The number of hydrogen-bond donors (Lipinski definition) is 2. The van der Waals surface area contributed by atoms with Gasteiger partial charge < -0.3 is 10.4 Å². The highest BCUT2D eigenvalue weighted by Gasteiger charge is 2.19. The molecule has 0 spiro atoms. The van der Waals surface area contributed by atoms with Crippen LogP contribution in [-0.2, 0) is 9.59 Å². The molecule has 1 unspecified atom stereocenters. The lowest BCUT2D eigenvalue weighted by Crippen LogP contribution is -2.25. The van der Waals surface area contributed by atoms with Gasteiger partial charge in [-0.3, -0.25) is 9.59 Å². The molecule has 0 aliphatic heterocycles. The topological polar surface area (TPSA) is 66.4 Å². The molecule has 18 heavy (non-hydrogen) atoms. The van der Waals surface area contributed by atoms with Gasteiger partial charge in [0.1, 0.15) is 5.82 Å². The minimum atomic E-state index is -0.978. The summed E-state index contributed by atoms with van der Waals surface area (Å²) < 4.78 is 12.8. The van der Waals surface area contributed by atoms with E-state index in [2.05, 4.69) is 5.32 Å². The Balaban J connectivity index is 2.80. The van der Waals surface area contributed by atoms with Gasteiger partial charge in [0.25, 0.3) is 0 Å². The molecule has 0 saturated heterocycles. The zero-order valence-corrected chi connectivity index (χ0v) is 10.1. The normalized spacial score (nSPS) is 11.9. The van der Waals surface area contributed by atoms with Gasteiger partial charge in [0.05, 0.1) is 6.42 Å². The zero-order chi connectivity index (χ0) is 13.5. The maximum absolute atomic E-state index is 12.8. The molecule has 2 N–H and O–H groups in total. The molecule has 1 aromatic rings. The van der Waals surface area contributed by atoms with Crippen LogP contribution in [0.25, 0.3) is 0 Å².